The standard InChI is InChI=1S/C17H23N3O2/c1-10(2)15-14-8-12(9-18-17(14)22-20-15)16(21)19-13-6-4-5-11(3)7-13/h8-11,13H,4-7H2,1-3H3,(H,19,21)/t11-,13+/m0/s1. The molecule has 118 valence electrons. The number of hydrogen-bond donors (Lipinski definition) is 1. The number of fused-ring (bicyclic) bond motifs is 1. The van der Waals surface area contributed by atoms with Crippen molar-refractivity contribution in [2.75, 3.05) is 0 Å². The second-order valence-electron chi connectivity index (χ2n) is 6.74. The molecule has 0 aliphatic heterocycles. The fraction of sp³-hybridized carbons (Fsp3) is 0.588. The van der Waals surface area contributed by atoms with Crippen molar-refractivity contribution in [3.8, 4) is 0 Å². The van der Waals surface area contributed by atoms with Crippen LogP contribution in [-0.2, 0) is 0 Å². The molecule has 3 rings (SSSR count). The van der Waals surface area contributed by atoms with E-state index in [-0.39, 0.29) is 17.9 Å². The van der Waals surface area contributed by atoms with Crippen LogP contribution < -0.4 is 5.32 Å². The Labute approximate surface area is 130 Å². The lowest BCUT2D eigenvalue weighted by molar-refractivity contribution is 0.0921. The van der Waals surface area contributed by atoms with E-state index >= 15 is 0 Å². The molecule has 2 aromatic heterocycles. The number of aromatic nitrogens is 2. The topological polar surface area (TPSA) is 68.0 Å². The van der Waals surface area contributed by atoms with Crippen LogP contribution in [0.25, 0.3) is 11.1 Å². The molecule has 1 amide bonds. The first-order chi connectivity index (χ1) is 10.5. The molecule has 0 bridgehead atoms. The Bertz CT molecular complexity index is 678. The van der Waals surface area contributed by atoms with Crippen LogP contribution in [0.3, 0.4) is 0 Å². The Morgan fingerprint density at radius 2 is 2.23 bits per heavy atom. The molecule has 2 heterocycles. The van der Waals surface area contributed by atoms with Crippen LogP contribution in [-0.4, -0.2) is 22.1 Å². The lowest BCUT2D eigenvalue weighted by Gasteiger charge is -2.27. The number of carbonyl (C=O) groups excluding carboxylic acids is 1. The van der Waals surface area contributed by atoms with Crippen molar-refractivity contribution in [2.45, 2.75) is 58.4 Å². The summed E-state index contributed by atoms with van der Waals surface area (Å²) in [6.45, 7) is 6.35. The molecule has 1 aliphatic carbocycles. The van der Waals surface area contributed by atoms with E-state index in [1.54, 1.807) is 6.20 Å². The maximum Gasteiger partial charge on any atom is 0.257 e. The summed E-state index contributed by atoms with van der Waals surface area (Å²) in [5.41, 5.74) is 1.92. The van der Waals surface area contributed by atoms with Crippen LogP contribution in [0.15, 0.2) is 16.8 Å². The Kier molecular flexibility index (Phi) is 4.14. The van der Waals surface area contributed by atoms with Gasteiger partial charge in [0.25, 0.3) is 11.6 Å². The average molecular weight is 301 g/mol. The Hall–Kier alpha value is -1.91. The van der Waals surface area contributed by atoms with E-state index in [0.717, 1.165) is 23.9 Å². The van der Waals surface area contributed by atoms with E-state index in [1.165, 1.54) is 12.8 Å². The second kappa shape index (κ2) is 6.07. The number of rotatable bonds is 3. The number of amides is 1. The molecule has 1 aliphatic rings. The van der Waals surface area contributed by atoms with E-state index in [0.29, 0.717) is 17.2 Å². The highest BCUT2D eigenvalue weighted by Gasteiger charge is 2.22. The zero-order chi connectivity index (χ0) is 15.7. The molecule has 0 spiro atoms. The summed E-state index contributed by atoms with van der Waals surface area (Å²) < 4.78 is 5.22. The van der Waals surface area contributed by atoms with Gasteiger partial charge in [-0.1, -0.05) is 38.8 Å². The van der Waals surface area contributed by atoms with Crippen LogP contribution in [0.5, 0.6) is 0 Å². The van der Waals surface area contributed by atoms with Crippen molar-refractivity contribution in [2.24, 2.45) is 5.92 Å². The average Bonchev–Trinajstić information content (AvgIpc) is 2.90. The van der Waals surface area contributed by atoms with Gasteiger partial charge < -0.3 is 9.84 Å². The van der Waals surface area contributed by atoms with E-state index in [2.05, 4.69) is 22.4 Å². The van der Waals surface area contributed by atoms with Gasteiger partial charge in [0.05, 0.1) is 16.6 Å². The highest BCUT2D eigenvalue weighted by molar-refractivity contribution is 5.97. The van der Waals surface area contributed by atoms with E-state index < -0.39 is 0 Å². The summed E-state index contributed by atoms with van der Waals surface area (Å²) >= 11 is 0. The highest BCUT2D eigenvalue weighted by Crippen LogP contribution is 2.25. The fourth-order valence-electron chi connectivity index (χ4n) is 3.22. The van der Waals surface area contributed by atoms with Crippen molar-refractivity contribution in [1.82, 2.24) is 15.5 Å². The van der Waals surface area contributed by atoms with Gasteiger partial charge in [0.1, 0.15) is 0 Å². The van der Waals surface area contributed by atoms with Crippen LogP contribution in [0.1, 0.15) is 68.4 Å². The summed E-state index contributed by atoms with van der Waals surface area (Å²) in [6.07, 6.45) is 6.15. The second-order valence-corrected chi connectivity index (χ2v) is 6.74. The monoisotopic (exact) mass is 301 g/mol. The van der Waals surface area contributed by atoms with Crippen molar-refractivity contribution in [1.29, 1.82) is 0 Å². The van der Waals surface area contributed by atoms with Crippen molar-refractivity contribution < 1.29 is 9.32 Å². The molecular formula is C17H23N3O2. The molecule has 0 unspecified atom stereocenters. The normalized spacial score (nSPS) is 22.2. The van der Waals surface area contributed by atoms with Gasteiger partial charge in [-0.05, 0) is 30.7 Å². The lowest BCUT2D eigenvalue weighted by Crippen LogP contribution is -2.38. The fourth-order valence-corrected chi connectivity index (χ4v) is 3.22. The molecule has 1 saturated carbocycles. The minimum absolute atomic E-state index is 0.0515. The molecule has 0 radical (unpaired) electrons. The zero-order valence-electron chi connectivity index (χ0n) is 13.4. The Morgan fingerprint density at radius 1 is 1.41 bits per heavy atom. The minimum atomic E-state index is -0.0515. The molecule has 5 heteroatoms. The molecule has 0 aromatic carbocycles. The van der Waals surface area contributed by atoms with Crippen molar-refractivity contribution in [3.63, 3.8) is 0 Å². The van der Waals surface area contributed by atoms with Crippen molar-refractivity contribution >= 4 is 17.0 Å². The molecular weight excluding hydrogens is 278 g/mol. The predicted molar refractivity (Wildman–Crippen MR) is 84.8 cm³/mol. The molecule has 0 saturated heterocycles. The summed E-state index contributed by atoms with van der Waals surface area (Å²) in [7, 11) is 0. The number of pyridine rings is 1. The third-order valence-electron chi connectivity index (χ3n) is 4.44. The Morgan fingerprint density at radius 3 is 2.95 bits per heavy atom. The van der Waals surface area contributed by atoms with Gasteiger partial charge in [-0.15, -0.1) is 0 Å². The smallest absolute Gasteiger partial charge is 0.257 e. The minimum Gasteiger partial charge on any atom is -0.349 e. The van der Waals surface area contributed by atoms with Gasteiger partial charge in [0.2, 0.25) is 0 Å². The molecule has 22 heavy (non-hydrogen) atoms. The summed E-state index contributed by atoms with van der Waals surface area (Å²) in [4.78, 5) is 16.7. The van der Waals surface area contributed by atoms with Crippen LogP contribution in [0.4, 0.5) is 0 Å². The predicted octanol–water partition coefficient (Wildman–Crippen LogP) is 3.65. The van der Waals surface area contributed by atoms with Crippen molar-refractivity contribution in [3.05, 3.63) is 23.5 Å². The van der Waals surface area contributed by atoms with Crippen LogP contribution >= 0.6 is 0 Å². The van der Waals surface area contributed by atoms with Gasteiger partial charge in [-0.25, -0.2) is 4.98 Å². The summed E-state index contributed by atoms with van der Waals surface area (Å²) in [5.74, 6) is 0.871. The van der Waals surface area contributed by atoms with Gasteiger partial charge in [-0.2, -0.15) is 0 Å². The van der Waals surface area contributed by atoms with Crippen LogP contribution in [0.2, 0.25) is 0 Å². The summed E-state index contributed by atoms with van der Waals surface area (Å²) in [6, 6.07) is 2.12. The van der Waals surface area contributed by atoms with E-state index in [1.807, 2.05) is 19.9 Å². The van der Waals surface area contributed by atoms with Gasteiger partial charge in [0, 0.05) is 12.2 Å². The molecule has 2 atom stereocenters. The number of nitrogens with one attached hydrogen (secondary N) is 1. The quantitative estimate of drug-likeness (QED) is 0.939. The third-order valence-corrected chi connectivity index (χ3v) is 4.44. The number of hydrogen-bond acceptors (Lipinski definition) is 4. The first-order valence-electron chi connectivity index (χ1n) is 8.10. The molecule has 1 N–H and O–H groups in total. The number of carbonyl (C=O) groups is 1. The molecule has 5 nitrogen and oxygen atoms in total. The van der Waals surface area contributed by atoms with E-state index in [9.17, 15) is 4.79 Å². The lowest BCUT2D eigenvalue weighted by atomic mass is 9.87. The number of nitrogens with zero attached hydrogens (tertiary/aromatic N) is 2. The molecule has 2 aromatic rings. The van der Waals surface area contributed by atoms with Gasteiger partial charge in [-0.3, -0.25) is 4.79 Å². The van der Waals surface area contributed by atoms with E-state index in [4.69, 9.17) is 4.52 Å². The Balaban J connectivity index is 1.80. The van der Waals surface area contributed by atoms with Crippen LogP contribution in [0, 0.1) is 5.92 Å². The SMILES string of the molecule is CC(C)c1noc2ncc(C(=O)N[C@@H]3CCC[C@H](C)C3)cc12. The first-order valence-corrected chi connectivity index (χ1v) is 8.10. The van der Waals surface area contributed by atoms with Gasteiger partial charge in [0.15, 0.2) is 0 Å². The zero-order valence-corrected chi connectivity index (χ0v) is 13.4. The molecule has 1 fully saturated rings. The van der Waals surface area contributed by atoms with Gasteiger partial charge >= 0.3 is 0 Å². The first kappa shape index (κ1) is 15.0. The maximum atomic E-state index is 12.5. The maximum absolute atomic E-state index is 12.5. The highest BCUT2D eigenvalue weighted by atomic mass is 16.5. The largest absolute Gasteiger partial charge is 0.349 e. The third kappa shape index (κ3) is 2.98. The summed E-state index contributed by atoms with van der Waals surface area (Å²) in [5, 5.41) is 8.03.